The first-order valence-corrected chi connectivity index (χ1v) is 8.78. The first-order valence-electron chi connectivity index (χ1n) is 8.78. The van der Waals surface area contributed by atoms with Crippen molar-refractivity contribution in [2.75, 3.05) is 0 Å². The summed E-state index contributed by atoms with van der Waals surface area (Å²) in [5, 5.41) is 10.6. The molecule has 1 atom stereocenters. The summed E-state index contributed by atoms with van der Waals surface area (Å²) in [6, 6.07) is 9.57. The zero-order chi connectivity index (χ0) is 17.4. The van der Waals surface area contributed by atoms with Crippen LogP contribution in [-0.2, 0) is 0 Å². The third-order valence-electron chi connectivity index (χ3n) is 5.40. The summed E-state index contributed by atoms with van der Waals surface area (Å²) in [6.45, 7) is 8.18. The van der Waals surface area contributed by atoms with Crippen molar-refractivity contribution in [2.24, 2.45) is 5.92 Å². The smallest absolute Gasteiger partial charge is 0.126 e. The zero-order valence-corrected chi connectivity index (χ0v) is 14.9. The van der Waals surface area contributed by atoms with E-state index < -0.39 is 0 Å². The molecular formula is C22H25FO. The zero-order valence-electron chi connectivity index (χ0n) is 14.9. The molecule has 24 heavy (non-hydrogen) atoms. The van der Waals surface area contributed by atoms with Crippen LogP contribution in [0.5, 0.6) is 0 Å². The van der Waals surface area contributed by atoms with Crippen LogP contribution in [-0.4, -0.2) is 5.11 Å². The van der Waals surface area contributed by atoms with E-state index in [1.165, 1.54) is 0 Å². The molecule has 3 rings (SSSR count). The second-order valence-corrected chi connectivity index (χ2v) is 6.85. The van der Waals surface area contributed by atoms with Crippen molar-refractivity contribution in [2.45, 2.75) is 46.5 Å². The summed E-state index contributed by atoms with van der Waals surface area (Å²) < 4.78 is 14.2. The lowest BCUT2D eigenvalue weighted by Crippen LogP contribution is -2.13. The maximum atomic E-state index is 14.2. The van der Waals surface area contributed by atoms with Gasteiger partial charge in [-0.1, -0.05) is 51.0 Å². The topological polar surface area (TPSA) is 20.2 Å². The van der Waals surface area contributed by atoms with E-state index in [1.807, 2.05) is 18.2 Å². The number of rotatable bonds is 4. The van der Waals surface area contributed by atoms with Crippen molar-refractivity contribution in [1.29, 1.82) is 0 Å². The van der Waals surface area contributed by atoms with Crippen molar-refractivity contribution >= 4 is 6.08 Å². The van der Waals surface area contributed by atoms with E-state index in [-0.39, 0.29) is 11.7 Å². The highest BCUT2D eigenvalue weighted by Gasteiger charge is 2.33. The molecule has 0 radical (unpaired) electrons. The number of aryl methyl sites for hydroxylation is 2. The Labute approximate surface area is 143 Å². The van der Waals surface area contributed by atoms with Gasteiger partial charge in [0.05, 0.1) is 0 Å². The minimum Gasteiger partial charge on any atom is -0.512 e. The molecule has 0 amide bonds. The second-order valence-electron chi connectivity index (χ2n) is 6.85. The van der Waals surface area contributed by atoms with E-state index in [0.717, 1.165) is 40.7 Å². The van der Waals surface area contributed by atoms with Crippen LogP contribution < -0.4 is 0 Å². The third kappa shape index (κ3) is 2.64. The molecule has 0 heterocycles. The van der Waals surface area contributed by atoms with Gasteiger partial charge in [0.1, 0.15) is 11.6 Å². The van der Waals surface area contributed by atoms with Gasteiger partial charge >= 0.3 is 0 Å². The molecule has 1 N–H and O–H groups in total. The first-order chi connectivity index (χ1) is 11.5. The number of aliphatic hydroxyl groups excluding tert-OH is 1. The predicted molar refractivity (Wildman–Crippen MR) is 98.7 cm³/mol. The molecule has 1 aliphatic carbocycles. The first kappa shape index (κ1) is 16.8. The van der Waals surface area contributed by atoms with Gasteiger partial charge in [-0.25, -0.2) is 4.39 Å². The Kier molecular flexibility index (Phi) is 4.49. The van der Waals surface area contributed by atoms with Crippen LogP contribution in [0.25, 0.3) is 17.2 Å². The summed E-state index contributed by atoms with van der Waals surface area (Å²) in [5.74, 6) is 0.657. The number of benzene rings is 2. The molecule has 0 spiro atoms. The molecule has 0 saturated heterocycles. The highest BCUT2D eigenvalue weighted by atomic mass is 19.1. The van der Waals surface area contributed by atoms with Gasteiger partial charge in [-0.3, -0.25) is 0 Å². The van der Waals surface area contributed by atoms with Gasteiger partial charge < -0.3 is 5.11 Å². The van der Waals surface area contributed by atoms with Crippen molar-refractivity contribution in [3.63, 3.8) is 0 Å². The SMILES string of the molecule is CCC(CC)C1C(O)=Cc2ccc(C)c(-c3ccc(C)c(F)c3)c21. The molecule has 126 valence electrons. The lowest BCUT2D eigenvalue weighted by molar-refractivity contribution is 0.313. The van der Waals surface area contributed by atoms with Gasteiger partial charge in [-0.15, -0.1) is 0 Å². The van der Waals surface area contributed by atoms with E-state index in [1.54, 1.807) is 13.0 Å². The van der Waals surface area contributed by atoms with Crippen LogP contribution in [0.4, 0.5) is 4.39 Å². The Morgan fingerprint density at radius 2 is 1.71 bits per heavy atom. The van der Waals surface area contributed by atoms with Crippen molar-refractivity contribution in [3.8, 4) is 11.1 Å². The predicted octanol–water partition coefficient (Wildman–Crippen LogP) is 6.54. The molecule has 1 aliphatic rings. The van der Waals surface area contributed by atoms with E-state index >= 15 is 0 Å². The quantitative estimate of drug-likeness (QED) is 0.677. The molecule has 1 unspecified atom stereocenters. The molecule has 2 aromatic rings. The van der Waals surface area contributed by atoms with Crippen LogP contribution in [0.2, 0.25) is 0 Å². The fraction of sp³-hybridized carbons (Fsp3) is 0.364. The monoisotopic (exact) mass is 324 g/mol. The van der Waals surface area contributed by atoms with Crippen LogP contribution in [0, 0.1) is 25.6 Å². The van der Waals surface area contributed by atoms with Crippen LogP contribution in [0.1, 0.15) is 54.9 Å². The average Bonchev–Trinajstić information content (AvgIpc) is 2.88. The van der Waals surface area contributed by atoms with E-state index in [2.05, 4.69) is 32.9 Å². The minimum absolute atomic E-state index is 0.00858. The fourth-order valence-electron chi connectivity index (χ4n) is 3.97. The number of halogens is 1. The molecule has 0 aliphatic heterocycles. The van der Waals surface area contributed by atoms with Crippen LogP contribution in [0.3, 0.4) is 0 Å². The van der Waals surface area contributed by atoms with Crippen molar-refractivity contribution in [3.05, 3.63) is 64.2 Å². The Balaban J connectivity index is 2.23. The molecule has 0 saturated carbocycles. The van der Waals surface area contributed by atoms with Gasteiger partial charge in [0, 0.05) is 5.92 Å². The number of hydrogen-bond acceptors (Lipinski definition) is 1. The summed E-state index contributed by atoms with van der Waals surface area (Å²) in [7, 11) is 0. The largest absolute Gasteiger partial charge is 0.512 e. The molecule has 0 bridgehead atoms. The maximum absolute atomic E-state index is 14.2. The van der Waals surface area contributed by atoms with Gasteiger partial charge in [-0.2, -0.15) is 0 Å². The molecule has 2 aromatic carbocycles. The number of allylic oxidation sites excluding steroid dienone is 1. The molecule has 1 nitrogen and oxygen atoms in total. The molecule has 0 fully saturated rings. The maximum Gasteiger partial charge on any atom is 0.126 e. The number of hydrogen-bond donors (Lipinski definition) is 1. The van der Waals surface area contributed by atoms with E-state index in [4.69, 9.17) is 0 Å². The lowest BCUT2D eigenvalue weighted by Gasteiger charge is -2.26. The van der Waals surface area contributed by atoms with Crippen molar-refractivity contribution < 1.29 is 9.50 Å². The second kappa shape index (κ2) is 6.43. The fourth-order valence-corrected chi connectivity index (χ4v) is 3.97. The Hall–Kier alpha value is -2.09. The summed E-state index contributed by atoms with van der Waals surface area (Å²) >= 11 is 0. The lowest BCUT2D eigenvalue weighted by atomic mass is 9.79. The van der Waals surface area contributed by atoms with Gasteiger partial charge in [0.25, 0.3) is 0 Å². The van der Waals surface area contributed by atoms with Gasteiger partial charge in [-0.05, 0) is 65.3 Å². The summed E-state index contributed by atoms with van der Waals surface area (Å²) in [4.78, 5) is 0. The van der Waals surface area contributed by atoms with Gasteiger partial charge in [0.15, 0.2) is 0 Å². The molecular weight excluding hydrogens is 299 g/mol. The third-order valence-corrected chi connectivity index (χ3v) is 5.40. The Bertz CT molecular complexity index is 800. The normalized spacial score (nSPS) is 16.4. The van der Waals surface area contributed by atoms with Crippen LogP contribution in [0.15, 0.2) is 36.1 Å². The standard InChI is InChI=1S/C22H25FO/c1-5-15(6-2)21-19(24)12-17-10-8-14(4)20(22(17)21)16-9-7-13(3)18(23)11-16/h7-12,15,21,24H,5-6H2,1-4H3. The Morgan fingerprint density at radius 3 is 2.33 bits per heavy atom. The summed E-state index contributed by atoms with van der Waals surface area (Å²) in [5.41, 5.74) is 5.96. The highest BCUT2D eigenvalue weighted by Crippen LogP contribution is 2.47. The highest BCUT2D eigenvalue weighted by molar-refractivity contribution is 5.80. The average molecular weight is 324 g/mol. The summed E-state index contributed by atoms with van der Waals surface area (Å²) in [6.07, 6.45) is 3.90. The number of aliphatic hydroxyl groups is 1. The van der Waals surface area contributed by atoms with Crippen molar-refractivity contribution in [1.82, 2.24) is 0 Å². The van der Waals surface area contributed by atoms with E-state index in [0.29, 0.717) is 17.2 Å². The minimum atomic E-state index is -0.182. The molecule has 0 aromatic heterocycles. The molecule has 2 heteroatoms. The number of fused-ring (bicyclic) bond motifs is 1. The van der Waals surface area contributed by atoms with Gasteiger partial charge in [0.2, 0.25) is 0 Å². The Morgan fingerprint density at radius 1 is 1.04 bits per heavy atom. The van der Waals surface area contributed by atoms with Crippen LogP contribution >= 0.6 is 0 Å². The van der Waals surface area contributed by atoms with E-state index in [9.17, 15) is 9.50 Å².